The lowest BCUT2D eigenvalue weighted by Gasteiger charge is -2.15. The van der Waals surface area contributed by atoms with Crippen LogP contribution in [0.5, 0.6) is 0 Å². The van der Waals surface area contributed by atoms with Crippen molar-refractivity contribution >= 4 is 23.3 Å². The van der Waals surface area contributed by atoms with E-state index < -0.39 is 0 Å². The topological polar surface area (TPSA) is 76.1 Å². The highest BCUT2D eigenvalue weighted by Gasteiger charge is 2.25. The first-order valence-electron chi connectivity index (χ1n) is 6.18. The lowest BCUT2D eigenvalue weighted by Crippen LogP contribution is -2.38. The molecule has 0 bridgehead atoms. The molecule has 104 valence electrons. The Balaban J connectivity index is 1.98. The summed E-state index contributed by atoms with van der Waals surface area (Å²) < 4.78 is 4.96. The summed E-state index contributed by atoms with van der Waals surface area (Å²) in [6, 6.07) is 1.55. The van der Waals surface area contributed by atoms with Crippen LogP contribution in [0.3, 0.4) is 0 Å². The third-order valence-electron chi connectivity index (χ3n) is 2.70. The van der Waals surface area contributed by atoms with Gasteiger partial charge in [0.05, 0.1) is 0 Å². The van der Waals surface area contributed by atoms with Gasteiger partial charge in [-0.3, -0.25) is 4.79 Å². The first kappa shape index (κ1) is 14.0. The summed E-state index contributed by atoms with van der Waals surface area (Å²) in [6.45, 7) is 2.06. The highest BCUT2D eigenvalue weighted by atomic mass is 35.5. The number of carbonyl (C=O) groups excluding carboxylic acids is 1. The van der Waals surface area contributed by atoms with E-state index in [0.29, 0.717) is 22.8 Å². The number of nitrogens with one attached hydrogen (secondary N) is 2. The van der Waals surface area contributed by atoms with E-state index >= 15 is 0 Å². The zero-order valence-corrected chi connectivity index (χ0v) is 11.7. The molecule has 0 saturated heterocycles. The van der Waals surface area contributed by atoms with Crippen LogP contribution < -0.4 is 10.6 Å². The average Bonchev–Trinajstić information content (AvgIpc) is 3.12. The standard InChI is InChI=1S/C12H17ClN4O2/c1-7(12(18)15-8-3-4-8)14-10-5-9(13)16-11(17-10)6-19-2/h5,7-8H,3-4,6H2,1-2H3,(H,15,18)(H,14,16,17). The van der Waals surface area contributed by atoms with Gasteiger partial charge in [-0.25, -0.2) is 9.97 Å². The smallest absolute Gasteiger partial charge is 0.242 e. The molecular formula is C12H17ClN4O2. The minimum absolute atomic E-state index is 0.0365. The lowest BCUT2D eigenvalue weighted by molar-refractivity contribution is -0.121. The van der Waals surface area contributed by atoms with Gasteiger partial charge in [0.25, 0.3) is 0 Å². The Morgan fingerprint density at radius 3 is 2.95 bits per heavy atom. The van der Waals surface area contributed by atoms with E-state index in [1.807, 2.05) is 0 Å². The Kier molecular flexibility index (Phi) is 4.55. The fraction of sp³-hybridized carbons (Fsp3) is 0.583. The van der Waals surface area contributed by atoms with Crippen LogP contribution in [0.2, 0.25) is 5.15 Å². The second-order valence-electron chi connectivity index (χ2n) is 4.57. The highest BCUT2D eigenvalue weighted by Crippen LogP contribution is 2.19. The summed E-state index contributed by atoms with van der Waals surface area (Å²) in [5.41, 5.74) is 0. The number of rotatable bonds is 6. The van der Waals surface area contributed by atoms with Crippen molar-refractivity contribution in [3.63, 3.8) is 0 Å². The Bertz CT molecular complexity index is 465. The van der Waals surface area contributed by atoms with Gasteiger partial charge in [-0.1, -0.05) is 11.6 Å². The maximum Gasteiger partial charge on any atom is 0.242 e. The molecule has 7 heteroatoms. The quantitative estimate of drug-likeness (QED) is 0.771. The van der Waals surface area contributed by atoms with Crippen LogP contribution in [0.1, 0.15) is 25.6 Å². The third kappa shape index (κ3) is 4.33. The summed E-state index contributed by atoms with van der Waals surface area (Å²) in [6.07, 6.45) is 2.13. The van der Waals surface area contributed by atoms with Crippen molar-refractivity contribution in [3.05, 3.63) is 17.0 Å². The highest BCUT2D eigenvalue weighted by molar-refractivity contribution is 6.29. The Morgan fingerprint density at radius 1 is 1.58 bits per heavy atom. The number of nitrogens with zero attached hydrogens (tertiary/aromatic N) is 2. The van der Waals surface area contributed by atoms with Gasteiger partial charge in [0, 0.05) is 19.2 Å². The molecule has 19 heavy (non-hydrogen) atoms. The second kappa shape index (κ2) is 6.16. The predicted octanol–water partition coefficient (Wildman–Crippen LogP) is 1.36. The zero-order chi connectivity index (χ0) is 13.8. The van der Waals surface area contributed by atoms with E-state index in [4.69, 9.17) is 16.3 Å². The van der Waals surface area contributed by atoms with E-state index in [1.54, 1.807) is 20.1 Å². The molecule has 2 N–H and O–H groups in total. The molecule has 1 aromatic heterocycles. The fourth-order valence-electron chi connectivity index (χ4n) is 1.57. The normalized spacial score (nSPS) is 15.9. The summed E-state index contributed by atoms with van der Waals surface area (Å²) in [5.74, 6) is 0.961. The number of hydrogen-bond acceptors (Lipinski definition) is 5. The van der Waals surface area contributed by atoms with Crippen molar-refractivity contribution in [2.75, 3.05) is 12.4 Å². The lowest BCUT2D eigenvalue weighted by atomic mass is 10.3. The molecule has 0 radical (unpaired) electrons. The second-order valence-corrected chi connectivity index (χ2v) is 4.96. The van der Waals surface area contributed by atoms with Crippen LogP contribution in [-0.2, 0) is 16.1 Å². The van der Waals surface area contributed by atoms with Gasteiger partial charge < -0.3 is 15.4 Å². The van der Waals surface area contributed by atoms with Gasteiger partial charge in [0.1, 0.15) is 23.6 Å². The number of methoxy groups -OCH3 is 1. The van der Waals surface area contributed by atoms with E-state index in [2.05, 4.69) is 20.6 Å². The average molecular weight is 285 g/mol. The molecule has 1 amide bonds. The van der Waals surface area contributed by atoms with Gasteiger partial charge in [-0.05, 0) is 19.8 Å². The van der Waals surface area contributed by atoms with Crippen LogP contribution in [0.4, 0.5) is 5.82 Å². The molecule has 0 aliphatic heterocycles. The van der Waals surface area contributed by atoms with Crippen LogP contribution in [0, 0.1) is 0 Å². The number of carbonyl (C=O) groups is 1. The summed E-state index contributed by atoms with van der Waals surface area (Å²) in [4.78, 5) is 20.1. The molecule has 0 aromatic carbocycles. The number of hydrogen-bond donors (Lipinski definition) is 2. The van der Waals surface area contributed by atoms with Crippen LogP contribution in [-0.4, -0.2) is 35.1 Å². The number of anilines is 1. The number of halogens is 1. The summed E-state index contributed by atoms with van der Waals surface area (Å²) in [5, 5.41) is 6.26. The van der Waals surface area contributed by atoms with Gasteiger partial charge in [-0.2, -0.15) is 0 Å². The third-order valence-corrected chi connectivity index (χ3v) is 2.89. The molecule has 1 aliphatic rings. The van der Waals surface area contributed by atoms with E-state index in [9.17, 15) is 4.79 Å². The number of amides is 1. The first-order chi connectivity index (χ1) is 9.08. The monoisotopic (exact) mass is 284 g/mol. The maximum absolute atomic E-state index is 11.8. The number of ether oxygens (including phenoxy) is 1. The van der Waals surface area contributed by atoms with Gasteiger partial charge in [0.2, 0.25) is 5.91 Å². The molecule has 1 atom stereocenters. The minimum Gasteiger partial charge on any atom is -0.377 e. The van der Waals surface area contributed by atoms with E-state index in [-0.39, 0.29) is 18.6 Å². The molecular weight excluding hydrogens is 268 g/mol. The van der Waals surface area contributed by atoms with Crippen molar-refractivity contribution < 1.29 is 9.53 Å². The molecule has 6 nitrogen and oxygen atoms in total. The molecule has 1 aliphatic carbocycles. The Hall–Kier alpha value is -1.40. The molecule has 0 spiro atoms. The molecule has 1 aromatic rings. The van der Waals surface area contributed by atoms with Crippen LogP contribution >= 0.6 is 11.6 Å². The molecule has 2 rings (SSSR count). The zero-order valence-electron chi connectivity index (χ0n) is 10.9. The van der Waals surface area contributed by atoms with E-state index in [1.165, 1.54) is 0 Å². The molecule has 1 unspecified atom stereocenters. The van der Waals surface area contributed by atoms with Gasteiger partial charge in [0.15, 0.2) is 5.82 Å². The molecule has 1 heterocycles. The van der Waals surface area contributed by atoms with Crippen molar-refractivity contribution in [1.29, 1.82) is 0 Å². The van der Waals surface area contributed by atoms with Crippen LogP contribution in [0.15, 0.2) is 6.07 Å². The molecule has 1 fully saturated rings. The van der Waals surface area contributed by atoms with Crippen molar-refractivity contribution in [3.8, 4) is 0 Å². The van der Waals surface area contributed by atoms with Crippen molar-refractivity contribution in [2.24, 2.45) is 0 Å². The Morgan fingerprint density at radius 2 is 2.32 bits per heavy atom. The molecule has 1 saturated carbocycles. The minimum atomic E-state index is -0.373. The van der Waals surface area contributed by atoms with Gasteiger partial charge >= 0.3 is 0 Å². The van der Waals surface area contributed by atoms with Gasteiger partial charge in [-0.15, -0.1) is 0 Å². The van der Waals surface area contributed by atoms with Crippen molar-refractivity contribution in [2.45, 2.75) is 38.5 Å². The Labute approximate surface area is 116 Å². The number of aromatic nitrogens is 2. The first-order valence-corrected chi connectivity index (χ1v) is 6.55. The SMILES string of the molecule is COCc1nc(Cl)cc(NC(C)C(=O)NC2CC2)n1. The largest absolute Gasteiger partial charge is 0.377 e. The fourth-order valence-corrected chi connectivity index (χ4v) is 1.77. The summed E-state index contributed by atoms with van der Waals surface area (Å²) in [7, 11) is 1.56. The van der Waals surface area contributed by atoms with E-state index in [0.717, 1.165) is 12.8 Å². The predicted molar refractivity (Wildman–Crippen MR) is 72.0 cm³/mol. The maximum atomic E-state index is 11.8. The van der Waals surface area contributed by atoms with Crippen molar-refractivity contribution in [1.82, 2.24) is 15.3 Å². The van der Waals surface area contributed by atoms with Crippen LogP contribution in [0.25, 0.3) is 0 Å². The summed E-state index contributed by atoms with van der Waals surface area (Å²) >= 11 is 5.90.